The Morgan fingerprint density at radius 1 is 1.29 bits per heavy atom. The van der Waals surface area contributed by atoms with Gasteiger partial charge >= 0.3 is 0 Å². The number of aromatic amines is 1. The number of fused-ring (bicyclic) bond motifs is 3. The van der Waals surface area contributed by atoms with E-state index in [4.69, 9.17) is 0 Å². The van der Waals surface area contributed by atoms with Gasteiger partial charge in [0.05, 0.1) is 11.1 Å². The number of aromatic nitrogens is 2. The monoisotopic (exact) mass is 413 g/mol. The summed E-state index contributed by atoms with van der Waals surface area (Å²) in [7, 11) is 0. The zero-order chi connectivity index (χ0) is 19.5. The molecule has 2 aromatic heterocycles. The van der Waals surface area contributed by atoms with Crippen molar-refractivity contribution in [3.8, 4) is 0 Å². The molecular formula is C21H23N3O2S2. The third-order valence-electron chi connectivity index (χ3n) is 5.12. The highest BCUT2D eigenvalue weighted by atomic mass is 32.2. The Balaban J connectivity index is 1.37. The maximum absolute atomic E-state index is 12.5. The number of nitrogens with one attached hydrogen (secondary N) is 2. The predicted octanol–water partition coefficient (Wildman–Crippen LogP) is 3.88. The van der Waals surface area contributed by atoms with Gasteiger partial charge in [0, 0.05) is 11.4 Å². The molecule has 0 saturated carbocycles. The van der Waals surface area contributed by atoms with E-state index in [9.17, 15) is 9.59 Å². The first-order valence-corrected chi connectivity index (χ1v) is 11.4. The minimum absolute atomic E-state index is 0.0546. The fourth-order valence-electron chi connectivity index (χ4n) is 3.56. The normalized spacial score (nSPS) is 14.6. The highest BCUT2D eigenvalue weighted by Crippen LogP contribution is 2.34. The van der Waals surface area contributed by atoms with Crippen molar-refractivity contribution in [2.24, 2.45) is 0 Å². The van der Waals surface area contributed by atoms with Crippen LogP contribution < -0.4 is 10.9 Å². The van der Waals surface area contributed by atoms with Gasteiger partial charge in [0.1, 0.15) is 4.83 Å². The molecule has 1 aliphatic rings. The van der Waals surface area contributed by atoms with E-state index < -0.39 is 0 Å². The molecular weight excluding hydrogens is 390 g/mol. The smallest absolute Gasteiger partial charge is 0.260 e. The van der Waals surface area contributed by atoms with Crippen molar-refractivity contribution in [2.45, 2.75) is 43.7 Å². The summed E-state index contributed by atoms with van der Waals surface area (Å²) < 4.78 is 0. The summed E-state index contributed by atoms with van der Waals surface area (Å²) >= 11 is 2.91. The average molecular weight is 414 g/mol. The lowest BCUT2D eigenvalue weighted by atomic mass is 9.97. The average Bonchev–Trinajstić information content (AvgIpc) is 3.10. The van der Waals surface area contributed by atoms with Gasteiger partial charge in [0.15, 0.2) is 5.16 Å². The third kappa shape index (κ3) is 4.15. The molecule has 3 aromatic rings. The number of thiophene rings is 1. The topological polar surface area (TPSA) is 74.8 Å². The Morgan fingerprint density at radius 3 is 2.89 bits per heavy atom. The molecule has 0 unspecified atom stereocenters. The molecule has 0 fully saturated rings. The van der Waals surface area contributed by atoms with E-state index in [1.165, 1.54) is 34.2 Å². The maximum Gasteiger partial charge on any atom is 0.260 e. The van der Waals surface area contributed by atoms with Crippen LogP contribution in [0.25, 0.3) is 10.2 Å². The molecule has 0 spiro atoms. The molecule has 7 heteroatoms. The molecule has 2 N–H and O–H groups in total. The quantitative estimate of drug-likeness (QED) is 0.475. The first kappa shape index (κ1) is 19.2. The molecule has 0 bridgehead atoms. The summed E-state index contributed by atoms with van der Waals surface area (Å²) in [5, 5.41) is 4.24. The number of carbonyl (C=O) groups excluding carboxylic acids is 1. The SMILES string of the molecule is C[C@@H](CNC(=O)CSc1nc2sc3c(c2c(=O)[nH]1)CCCC3)c1ccccc1. The van der Waals surface area contributed by atoms with Crippen LogP contribution in [0, 0.1) is 0 Å². The van der Waals surface area contributed by atoms with Crippen LogP contribution in [0.4, 0.5) is 0 Å². The van der Waals surface area contributed by atoms with Gasteiger partial charge in [-0.3, -0.25) is 9.59 Å². The van der Waals surface area contributed by atoms with Crippen LogP contribution in [0.3, 0.4) is 0 Å². The fourth-order valence-corrected chi connectivity index (χ4v) is 5.57. The number of hydrogen-bond donors (Lipinski definition) is 2. The van der Waals surface area contributed by atoms with Crippen molar-refractivity contribution >= 4 is 39.2 Å². The Hall–Kier alpha value is -2.12. The van der Waals surface area contributed by atoms with Crippen molar-refractivity contribution in [3.05, 3.63) is 56.7 Å². The molecule has 1 atom stereocenters. The fraction of sp³-hybridized carbons (Fsp3) is 0.381. The Kier molecular flexibility index (Phi) is 5.82. The number of thioether (sulfide) groups is 1. The van der Waals surface area contributed by atoms with Gasteiger partial charge in [0.2, 0.25) is 5.91 Å². The van der Waals surface area contributed by atoms with E-state index in [0.717, 1.165) is 29.5 Å². The lowest BCUT2D eigenvalue weighted by Crippen LogP contribution is -2.29. The third-order valence-corrected chi connectivity index (χ3v) is 7.18. The maximum atomic E-state index is 12.5. The van der Waals surface area contributed by atoms with Crippen LogP contribution >= 0.6 is 23.1 Å². The summed E-state index contributed by atoms with van der Waals surface area (Å²) in [6, 6.07) is 10.1. The molecule has 146 valence electrons. The molecule has 0 saturated heterocycles. The van der Waals surface area contributed by atoms with E-state index in [1.54, 1.807) is 11.3 Å². The Labute approximate surface area is 172 Å². The molecule has 0 aliphatic heterocycles. The van der Waals surface area contributed by atoms with E-state index >= 15 is 0 Å². The summed E-state index contributed by atoms with van der Waals surface area (Å²) in [6.45, 7) is 2.68. The molecule has 28 heavy (non-hydrogen) atoms. The second-order valence-electron chi connectivity index (χ2n) is 7.17. The minimum Gasteiger partial charge on any atom is -0.355 e. The van der Waals surface area contributed by atoms with Gasteiger partial charge in [-0.15, -0.1) is 11.3 Å². The number of hydrogen-bond acceptors (Lipinski definition) is 5. The first-order chi connectivity index (χ1) is 13.6. The zero-order valence-corrected chi connectivity index (χ0v) is 17.4. The summed E-state index contributed by atoms with van der Waals surface area (Å²) in [5.74, 6) is 0.434. The molecule has 1 aromatic carbocycles. The van der Waals surface area contributed by atoms with Crippen molar-refractivity contribution in [2.75, 3.05) is 12.3 Å². The number of aryl methyl sites for hydroxylation is 2. The van der Waals surface area contributed by atoms with Gasteiger partial charge in [-0.05, 0) is 42.7 Å². The van der Waals surface area contributed by atoms with Gasteiger partial charge < -0.3 is 10.3 Å². The zero-order valence-electron chi connectivity index (χ0n) is 15.8. The summed E-state index contributed by atoms with van der Waals surface area (Å²) in [6.07, 6.45) is 4.33. The number of nitrogens with zero attached hydrogens (tertiary/aromatic N) is 1. The van der Waals surface area contributed by atoms with Crippen molar-refractivity contribution < 1.29 is 4.79 Å². The van der Waals surface area contributed by atoms with Crippen molar-refractivity contribution in [1.29, 1.82) is 0 Å². The van der Waals surface area contributed by atoms with E-state index in [0.29, 0.717) is 11.7 Å². The number of H-pyrrole nitrogens is 1. The standard InChI is InChI=1S/C21H23N3O2S2/c1-13(14-7-3-2-4-8-14)11-22-17(25)12-27-21-23-19(26)18-15-9-5-6-10-16(15)28-20(18)24-21/h2-4,7-8,13H,5-6,9-12H2,1H3,(H,22,25)(H,23,24,26)/t13-/m0/s1. The second kappa shape index (κ2) is 8.49. The van der Waals surface area contributed by atoms with Crippen LogP contribution in [0.2, 0.25) is 0 Å². The number of carbonyl (C=O) groups is 1. The molecule has 1 aliphatic carbocycles. The van der Waals surface area contributed by atoms with Crippen molar-refractivity contribution in [3.63, 3.8) is 0 Å². The van der Waals surface area contributed by atoms with Crippen LogP contribution in [0.1, 0.15) is 41.7 Å². The molecule has 2 heterocycles. The van der Waals surface area contributed by atoms with Crippen molar-refractivity contribution in [1.82, 2.24) is 15.3 Å². The molecule has 4 rings (SSSR count). The molecule has 1 amide bonds. The van der Waals surface area contributed by atoms with Gasteiger partial charge in [-0.2, -0.15) is 0 Å². The Morgan fingerprint density at radius 2 is 2.07 bits per heavy atom. The van der Waals surface area contributed by atoms with Crippen LogP contribution in [-0.2, 0) is 17.6 Å². The van der Waals surface area contributed by atoms with Crippen LogP contribution in [0.15, 0.2) is 40.3 Å². The second-order valence-corrected chi connectivity index (χ2v) is 9.21. The largest absolute Gasteiger partial charge is 0.355 e. The number of rotatable bonds is 6. The number of amides is 1. The minimum atomic E-state index is -0.0787. The van der Waals surface area contributed by atoms with E-state index in [-0.39, 0.29) is 23.1 Å². The highest BCUT2D eigenvalue weighted by Gasteiger charge is 2.20. The Bertz CT molecular complexity index is 1040. The molecule has 0 radical (unpaired) electrons. The highest BCUT2D eigenvalue weighted by molar-refractivity contribution is 7.99. The van der Waals surface area contributed by atoms with E-state index in [2.05, 4.69) is 34.3 Å². The lowest BCUT2D eigenvalue weighted by Gasteiger charge is -2.12. The van der Waals surface area contributed by atoms with Gasteiger partial charge in [0.25, 0.3) is 5.56 Å². The summed E-state index contributed by atoms with van der Waals surface area (Å²) in [5.41, 5.74) is 2.31. The lowest BCUT2D eigenvalue weighted by molar-refractivity contribution is -0.118. The summed E-state index contributed by atoms with van der Waals surface area (Å²) in [4.78, 5) is 34.3. The van der Waals surface area contributed by atoms with Gasteiger partial charge in [-0.1, -0.05) is 49.0 Å². The van der Waals surface area contributed by atoms with Gasteiger partial charge in [-0.25, -0.2) is 4.98 Å². The molecule has 5 nitrogen and oxygen atoms in total. The first-order valence-electron chi connectivity index (χ1n) is 9.61. The van der Waals surface area contributed by atoms with E-state index in [1.807, 2.05) is 18.2 Å². The number of benzene rings is 1. The predicted molar refractivity (Wildman–Crippen MR) is 115 cm³/mol. The van der Waals surface area contributed by atoms with Crippen LogP contribution in [0.5, 0.6) is 0 Å². The van der Waals surface area contributed by atoms with Crippen LogP contribution in [-0.4, -0.2) is 28.2 Å².